The highest BCUT2D eigenvalue weighted by molar-refractivity contribution is 7.16. The van der Waals surface area contributed by atoms with Crippen LogP contribution in [-0.4, -0.2) is 90.2 Å². The molecule has 2 aliphatic heterocycles. The number of thiophene rings is 1. The molecule has 2 fully saturated rings. The molecular formula is C29H35N9O2S. The van der Waals surface area contributed by atoms with E-state index in [0.29, 0.717) is 54.2 Å². The summed E-state index contributed by atoms with van der Waals surface area (Å²) < 4.78 is 5.93. The highest BCUT2D eigenvalue weighted by Crippen LogP contribution is 2.48. The molecule has 5 heterocycles. The van der Waals surface area contributed by atoms with Gasteiger partial charge in [-0.05, 0) is 45.4 Å². The van der Waals surface area contributed by atoms with Gasteiger partial charge >= 0.3 is 0 Å². The largest absolute Gasteiger partial charge is 0.389 e. The molecule has 11 nitrogen and oxygen atoms in total. The Labute approximate surface area is 243 Å². The van der Waals surface area contributed by atoms with Gasteiger partial charge in [0.1, 0.15) is 22.6 Å². The van der Waals surface area contributed by atoms with Crippen LogP contribution in [0.15, 0.2) is 29.3 Å². The number of nitrogen functional groups attached to an aromatic ring is 1. The summed E-state index contributed by atoms with van der Waals surface area (Å²) in [5, 5.41) is 14.8. The first-order chi connectivity index (χ1) is 19.8. The van der Waals surface area contributed by atoms with Gasteiger partial charge in [-0.1, -0.05) is 11.7 Å². The Bertz CT molecular complexity index is 1510. The second-order valence-corrected chi connectivity index (χ2v) is 12.4. The van der Waals surface area contributed by atoms with Crippen LogP contribution >= 0.6 is 11.3 Å². The Morgan fingerprint density at radius 2 is 1.88 bits per heavy atom. The minimum absolute atomic E-state index is 0.0381. The van der Waals surface area contributed by atoms with E-state index in [4.69, 9.17) is 20.2 Å². The summed E-state index contributed by atoms with van der Waals surface area (Å²) in [6.45, 7) is 12.0. The topological polar surface area (TPSA) is 132 Å². The first-order valence-corrected chi connectivity index (χ1v) is 14.9. The number of nitrogens with zero attached hydrogens (tertiary/aromatic N) is 8. The van der Waals surface area contributed by atoms with E-state index in [1.54, 1.807) is 0 Å². The molecule has 0 spiro atoms. The zero-order valence-corrected chi connectivity index (χ0v) is 24.4. The Kier molecular flexibility index (Phi) is 7.17. The first kappa shape index (κ1) is 27.2. The van der Waals surface area contributed by atoms with Gasteiger partial charge < -0.3 is 29.9 Å². The van der Waals surface area contributed by atoms with Gasteiger partial charge in [-0.15, -0.1) is 11.3 Å². The summed E-state index contributed by atoms with van der Waals surface area (Å²) in [6.07, 6.45) is 4.01. The molecule has 0 bridgehead atoms. The summed E-state index contributed by atoms with van der Waals surface area (Å²) in [5.74, 6) is 1.74. The summed E-state index contributed by atoms with van der Waals surface area (Å²) in [6, 6.07) is 6.45. The summed E-state index contributed by atoms with van der Waals surface area (Å²) >= 11 is 1.49. The number of hydrogen-bond acceptors (Lipinski definition) is 11. The lowest BCUT2D eigenvalue weighted by Crippen LogP contribution is -2.48. The molecule has 3 aliphatic rings. The molecule has 0 aromatic carbocycles. The molecule has 1 amide bonds. The molecule has 0 saturated carbocycles. The number of rotatable bonds is 5. The number of aryl methyl sites for hydroxylation is 1. The summed E-state index contributed by atoms with van der Waals surface area (Å²) in [7, 11) is 2.13. The predicted octanol–water partition coefficient (Wildman–Crippen LogP) is 2.88. The lowest BCUT2D eigenvalue weighted by Gasteiger charge is -2.37. The van der Waals surface area contributed by atoms with E-state index in [0.717, 1.165) is 67.4 Å². The number of anilines is 3. The van der Waals surface area contributed by atoms with E-state index in [2.05, 4.69) is 52.5 Å². The number of hydrogen-bond donors (Lipinski definition) is 1. The van der Waals surface area contributed by atoms with Crippen LogP contribution in [0.2, 0.25) is 0 Å². The third-order valence-electron chi connectivity index (χ3n) is 8.63. The second kappa shape index (κ2) is 10.8. The van der Waals surface area contributed by atoms with E-state index >= 15 is 0 Å². The van der Waals surface area contributed by atoms with Crippen molar-refractivity contribution in [3.05, 3.63) is 46.7 Å². The van der Waals surface area contributed by atoms with Crippen molar-refractivity contribution in [2.75, 3.05) is 74.9 Å². The van der Waals surface area contributed by atoms with Crippen molar-refractivity contribution in [2.45, 2.75) is 31.6 Å². The highest BCUT2D eigenvalue weighted by Gasteiger charge is 2.43. The SMILES string of the molecule is C=CC(=O)N1CCN(c2cc(-c3noc([C@@]4(C)CCCc5sc(N)c(C#N)c54)n3)nc(N3CCN(C)CC3)c2)CC1. The number of nitriles is 1. The van der Waals surface area contributed by atoms with Gasteiger partial charge in [0.2, 0.25) is 17.6 Å². The van der Waals surface area contributed by atoms with Crippen LogP contribution in [0.5, 0.6) is 0 Å². The van der Waals surface area contributed by atoms with E-state index in [1.165, 1.54) is 17.4 Å². The van der Waals surface area contributed by atoms with Gasteiger partial charge in [0.15, 0.2) is 0 Å². The number of aromatic nitrogens is 3. The predicted molar refractivity (Wildman–Crippen MR) is 159 cm³/mol. The molecule has 2 N–H and O–H groups in total. The molecule has 1 atom stereocenters. The molecule has 41 heavy (non-hydrogen) atoms. The van der Waals surface area contributed by atoms with Crippen molar-refractivity contribution < 1.29 is 9.32 Å². The Morgan fingerprint density at radius 3 is 2.59 bits per heavy atom. The lowest BCUT2D eigenvalue weighted by atomic mass is 9.72. The van der Waals surface area contributed by atoms with Crippen molar-refractivity contribution in [1.82, 2.24) is 24.9 Å². The van der Waals surface area contributed by atoms with Crippen LogP contribution in [-0.2, 0) is 16.6 Å². The molecule has 12 heteroatoms. The van der Waals surface area contributed by atoms with Crippen molar-refractivity contribution in [3.63, 3.8) is 0 Å². The average Bonchev–Trinajstić information content (AvgIpc) is 3.63. The smallest absolute Gasteiger partial charge is 0.246 e. The van der Waals surface area contributed by atoms with Crippen molar-refractivity contribution in [2.24, 2.45) is 0 Å². The van der Waals surface area contributed by atoms with Gasteiger partial charge in [-0.25, -0.2) is 4.98 Å². The zero-order chi connectivity index (χ0) is 28.7. The molecule has 1 aliphatic carbocycles. The number of nitrogens with two attached hydrogens (primary N) is 1. The Morgan fingerprint density at radius 1 is 1.15 bits per heavy atom. The van der Waals surface area contributed by atoms with Crippen LogP contribution in [0.1, 0.15) is 41.7 Å². The number of amides is 1. The first-order valence-electron chi connectivity index (χ1n) is 14.1. The maximum atomic E-state index is 12.1. The molecule has 0 radical (unpaired) electrons. The minimum Gasteiger partial charge on any atom is -0.389 e. The fraction of sp³-hybridized carbons (Fsp3) is 0.483. The van der Waals surface area contributed by atoms with Gasteiger partial charge in [0, 0.05) is 74.6 Å². The molecule has 2 saturated heterocycles. The van der Waals surface area contributed by atoms with Gasteiger partial charge in [0.05, 0.1) is 11.0 Å². The number of carbonyl (C=O) groups is 1. The summed E-state index contributed by atoms with van der Waals surface area (Å²) in [5.41, 5.74) is 8.74. The Hall–Kier alpha value is -3.95. The van der Waals surface area contributed by atoms with Crippen LogP contribution in [0.4, 0.5) is 16.5 Å². The van der Waals surface area contributed by atoms with E-state index in [9.17, 15) is 10.1 Å². The quantitative estimate of drug-likeness (QED) is 0.455. The van der Waals surface area contributed by atoms with Gasteiger partial charge in [-0.2, -0.15) is 10.2 Å². The standard InChI is InChI=1S/C29H35N9O2S/c1-4-24(39)38-14-12-36(13-15-38)19-16-21(32-23(17-19)37-10-8-35(3)9-11-37)27-33-28(40-34-27)29(2)7-5-6-22-25(29)20(18-30)26(31)41-22/h4,16-17H,1,5-15,31H2,2-3H3/t29-/m0/s1. The van der Waals surface area contributed by atoms with Crippen LogP contribution < -0.4 is 15.5 Å². The molecule has 214 valence electrons. The third-order valence-corrected chi connectivity index (χ3v) is 9.71. The molecule has 3 aromatic heterocycles. The summed E-state index contributed by atoms with van der Waals surface area (Å²) in [4.78, 5) is 31.9. The average molecular weight is 574 g/mol. The van der Waals surface area contributed by atoms with Gasteiger partial charge in [-0.3, -0.25) is 4.79 Å². The Balaban J connectivity index is 1.36. The van der Waals surface area contributed by atoms with Crippen molar-refractivity contribution in [1.29, 1.82) is 5.26 Å². The van der Waals surface area contributed by atoms with Crippen LogP contribution in [0.25, 0.3) is 11.5 Å². The maximum Gasteiger partial charge on any atom is 0.246 e. The monoisotopic (exact) mass is 573 g/mol. The second-order valence-electron chi connectivity index (χ2n) is 11.2. The maximum absolute atomic E-state index is 12.1. The number of pyridine rings is 1. The van der Waals surface area contributed by atoms with Crippen LogP contribution in [0, 0.1) is 11.3 Å². The normalized spacial score (nSPS) is 21.4. The van der Waals surface area contributed by atoms with E-state index < -0.39 is 5.41 Å². The van der Waals surface area contributed by atoms with E-state index in [1.807, 2.05) is 11.0 Å². The zero-order valence-electron chi connectivity index (χ0n) is 23.6. The molecule has 0 unspecified atom stereocenters. The third kappa shape index (κ3) is 4.93. The van der Waals surface area contributed by atoms with Crippen LogP contribution in [0.3, 0.4) is 0 Å². The van der Waals surface area contributed by atoms with Crippen molar-refractivity contribution >= 4 is 33.8 Å². The number of fused-ring (bicyclic) bond motifs is 1. The number of likely N-dealkylation sites (N-methyl/N-ethyl adjacent to an activating group) is 1. The van der Waals surface area contributed by atoms with Gasteiger partial charge in [0.25, 0.3) is 0 Å². The molecular weight excluding hydrogens is 538 g/mol. The highest BCUT2D eigenvalue weighted by atomic mass is 32.1. The number of carbonyl (C=O) groups excluding carboxylic acids is 1. The number of piperazine rings is 2. The minimum atomic E-state index is -0.593. The fourth-order valence-electron chi connectivity index (χ4n) is 6.17. The van der Waals surface area contributed by atoms with E-state index in [-0.39, 0.29) is 5.91 Å². The molecule has 3 aromatic rings. The molecule has 6 rings (SSSR count). The fourth-order valence-corrected chi connectivity index (χ4v) is 7.36. The van der Waals surface area contributed by atoms with Crippen molar-refractivity contribution in [3.8, 4) is 17.6 Å². The lowest BCUT2D eigenvalue weighted by molar-refractivity contribution is -0.126.